The molecule has 0 amide bonds. The third kappa shape index (κ3) is 2.53. The Morgan fingerprint density at radius 2 is 1.68 bits per heavy atom. The number of carbonyl (C=O) groups is 1. The van der Waals surface area contributed by atoms with Crippen molar-refractivity contribution in [2.45, 2.75) is 19.3 Å². The van der Waals surface area contributed by atoms with E-state index in [1.165, 1.54) is 5.56 Å². The van der Waals surface area contributed by atoms with Crippen molar-refractivity contribution >= 4 is 6.29 Å². The molecule has 0 N–H and O–H groups in total. The average Bonchev–Trinajstić information content (AvgIpc) is 2.47. The second-order valence-electron chi connectivity index (χ2n) is 5.07. The average molecular weight is 254 g/mol. The van der Waals surface area contributed by atoms with E-state index in [1.807, 2.05) is 36.4 Å². The second kappa shape index (κ2) is 5.27. The SMILES string of the molecule is COc1ccc(C(C)(C)c2ccccc2)cc1C=O. The van der Waals surface area contributed by atoms with Crippen molar-refractivity contribution in [3.8, 4) is 5.75 Å². The minimum absolute atomic E-state index is 0.148. The van der Waals surface area contributed by atoms with Crippen LogP contribution in [-0.2, 0) is 5.41 Å². The Bertz CT molecular complexity index is 571. The summed E-state index contributed by atoms with van der Waals surface area (Å²) in [4.78, 5) is 11.1. The molecule has 0 aliphatic carbocycles. The van der Waals surface area contributed by atoms with Gasteiger partial charge in [-0.05, 0) is 23.3 Å². The highest BCUT2D eigenvalue weighted by Crippen LogP contribution is 2.33. The molecule has 0 aliphatic heterocycles. The van der Waals surface area contributed by atoms with Crippen LogP contribution in [0.15, 0.2) is 48.5 Å². The summed E-state index contributed by atoms with van der Waals surface area (Å²) in [5, 5.41) is 0. The minimum atomic E-state index is -0.148. The number of rotatable bonds is 4. The van der Waals surface area contributed by atoms with Crippen LogP contribution in [-0.4, -0.2) is 13.4 Å². The Morgan fingerprint density at radius 1 is 1.00 bits per heavy atom. The van der Waals surface area contributed by atoms with E-state index in [9.17, 15) is 4.79 Å². The summed E-state index contributed by atoms with van der Waals surface area (Å²) in [7, 11) is 1.57. The molecule has 0 saturated heterocycles. The lowest BCUT2D eigenvalue weighted by molar-refractivity contribution is 0.112. The summed E-state index contributed by atoms with van der Waals surface area (Å²) in [5.41, 5.74) is 2.76. The number of aldehydes is 1. The van der Waals surface area contributed by atoms with Crippen LogP contribution in [0.5, 0.6) is 5.75 Å². The summed E-state index contributed by atoms with van der Waals surface area (Å²) in [6.07, 6.45) is 0.837. The van der Waals surface area contributed by atoms with Gasteiger partial charge in [-0.3, -0.25) is 4.79 Å². The van der Waals surface area contributed by atoms with E-state index in [0.29, 0.717) is 11.3 Å². The first-order valence-electron chi connectivity index (χ1n) is 6.29. The van der Waals surface area contributed by atoms with Crippen molar-refractivity contribution in [3.05, 3.63) is 65.2 Å². The number of benzene rings is 2. The van der Waals surface area contributed by atoms with Crippen molar-refractivity contribution in [1.82, 2.24) is 0 Å². The lowest BCUT2D eigenvalue weighted by Gasteiger charge is -2.26. The molecule has 0 spiro atoms. The maximum atomic E-state index is 11.1. The van der Waals surface area contributed by atoms with Crippen molar-refractivity contribution in [3.63, 3.8) is 0 Å². The van der Waals surface area contributed by atoms with Gasteiger partial charge in [-0.2, -0.15) is 0 Å². The number of ether oxygens (including phenoxy) is 1. The molecule has 0 aromatic heterocycles. The van der Waals surface area contributed by atoms with Crippen molar-refractivity contribution in [2.24, 2.45) is 0 Å². The molecule has 0 radical (unpaired) electrons. The molecule has 0 atom stereocenters. The van der Waals surface area contributed by atoms with Gasteiger partial charge in [0.15, 0.2) is 6.29 Å². The van der Waals surface area contributed by atoms with E-state index in [2.05, 4.69) is 26.0 Å². The number of methoxy groups -OCH3 is 1. The van der Waals surface area contributed by atoms with E-state index < -0.39 is 0 Å². The second-order valence-corrected chi connectivity index (χ2v) is 5.07. The topological polar surface area (TPSA) is 26.3 Å². The number of carbonyl (C=O) groups excluding carboxylic acids is 1. The van der Waals surface area contributed by atoms with Gasteiger partial charge in [-0.1, -0.05) is 50.2 Å². The van der Waals surface area contributed by atoms with Crippen LogP contribution in [0.25, 0.3) is 0 Å². The lowest BCUT2D eigenvalue weighted by Crippen LogP contribution is -2.19. The predicted octanol–water partition coefficient (Wildman–Crippen LogP) is 3.83. The summed E-state index contributed by atoms with van der Waals surface area (Å²) in [5.74, 6) is 0.614. The summed E-state index contributed by atoms with van der Waals surface area (Å²) in [6.45, 7) is 4.30. The van der Waals surface area contributed by atoms with Crippen LogP contribution in [0.2, 0.25) is 0 Å². The molecule has 0 heterocycles. The highest BCUT2D eigenvalue weighted by molar-refractivity contribution is 5.80. The van der Waals surface area contributed by atoms with Gasteiger partial charge in [-0.25, -0.2) is 0 Å². The fourth-order valence-electron chi connectivity index (χ4n) is 2.24. The molecular formula is C17H18O2. The fourth-order valence-corrected chi connectivity index (χ4v) is 2.24. The van der Waals surface area contributed by atoms with Gasteiger partial charge in [0.05, 0.1) is 12.7 Å². The van der Waals surface area contributed by atoms with Gasteiger partial charge in [0.1, 0.15) is 5.75 Å². The Labute approximate surface area is 114 Å². The molecule has 0 unspecified atom stereocenters. The van der Waals surface area contributed by atoms with E-state index >= 15 is 0 Å². The first kappa shape index (κ1) is 13.3. The molecule has 0 bridgehead atoms. The van der Waals surface area contributed by atoms with Crippen LogP contribution >= 0.6 is 0 Å². The Balaban J connectivity index is 2.49. The molecule has 0 aliphatic rings. The molecule has 2 heteroatoms. The van der Waals surface area contributed by atoms with Gasteiger partial charge in [0, 0.05) is 5.41 Å². The van der Waals surface area contributed by atoms with E-state index in [1.54, 1.807) is 7.11 Å². The zero-order valence-corrected chi connectivity index (χ0v) is 11.5. The Hall–Kier alpha value is -2.09. The van der Waals surface area contributed by atoms with Crippen LogP contribution in [0.1, 0.15) is 35.3 Å². The molecule has 2 aromatic carbocycles. The largest absolute Gasteiger partial charge is 0.496 e. The van der Waals surface area contributed by atoms with E-state index in [4.69, 9.17) is 4.74 Å². The van der Waals surface area contributed by atoms with Gasteiger partial charge < -0.3 is 4.74 Å². The maximum absolute atomic E-state index is 11.1. The zero-order valence-electron chi connectivity index (χ0n) is 11.5. The first-order valence-corrected chi connectivity index (χ1v) is 6.29. The summed E-state index contributed by atoms with van der Waals surface area (Å²) >= 11 is 0. The highest BCUT2D eigenvalue weighted by atomic mass is 16.5. The third-order valence-corrected chi connectivity index (χ3v) is 3.57. The quantitative estimate of drug-likeness (QED) is 0.775. The molecule has 0 saturated carbocycles. The number of hydrogen-bond acceptors (Lipinski definition) is 2. The molecule has 19 heavy (non-hydrogen) atoms. The normalized spacial score (nSPS) is 11.1. The standard InChI is InChI=1S/C17H18O2/c1-17(2,14-7-5-4-6-8-14)15-9-10-16(19-3)13(11-15)12-18/h4-12H,1-3H3. The van der Waals surface area contributed by atoms with Gasteiger partial charge in [0.2, 0.25) is 0 Å². The van der Waals surface area contributed by atoms with Crippen LogP contribution in [0, 0.1) is 0 Å². The van der Waals surface area contributed by atoms with E-state index in [-0.39, 0.29) is 5.41 Å². The van der Waals surface area contributed by atoms with Gasteiger partial charge in [-0.15, -0.1) is 0 Å². The van der Waals surface area contributed by atoms with E-state index in [0.717, 1.165) is 11.8 Å². The molecular weight excluding hydrogens is 236 g/mol. The van der Waals surface area contributed by atoms with Crippen molar-refractivity contribution in [2.75, 3.05) is 7.11 Å². The predicted molar refractivity (Wildman–Crippen MR) is 77.0 cm³/mol. The van der Waals surface area contributed by atoms with Gasteiger partial charge in [0.25, 0.3) is 0 Å². The summed E-state index contributed by atoms with van der Waals surface area (Å²) in [6, 6.07) is 16.0. The fraction of sp³-hybridized carbons (Fsp3) is 0.235. The summed E-state index contributed by atoms with van der Waals surface area (Å²) < 4.78 is 5.18. The zero-order chi connectivity index (χ0) is 13.9. The molecule has 0 fully saturated rings. The Kier molecular flexibility index (Phi) is 3.70. The monoisotopic (exact) mass is 254 g/mol. The lowest BCUT2D eigenvalue weighted by atomic mass is 9.78. The maximum Gasteiger partial charge on any atom is 0.153 e. The third-order valence-electron chi connectivity index (χ3n) is 3.57. The minimum Gasteiger partial charge on any atom is -0.496 e. The molecule has 2 rings (SSSR count). The van der Waals surface area contributed by atoms with Crippen LogP contribution in [0.3, 0.4) is 0 Å². The van der Waals surface area contributed by atoms with Crippen LogP contribution < -0.4 is 4.74 Å². The smallest absolute Gasteiger partial charge is 0.153 e. The number of hydrogen-bond donors (Lipinski definition) is 0. The molecule has 2 aromatic rings. The molecule has 2 nitrogen and oxygen atoms in total. The van der Waals surface area contributed by atoms with Crippen molar-refractivity contribution < 1.29 is 9.53 Å². The molecule has 98 valence electrons. The van der Waals surface area contributed by atoms with Crippen LogP contribution in [0.4, 0.5) is 0 Å². The first-order chi connectivity index (χ1) is 9.09. The van der Waals surface area contributed by atoms with Gasteiger partial charge >= 0.3 is 0 Å². The highest BCUT2D eigenvalue weighted by Gasteiger charge is 2.23. The van der Waals surface area contributed by atoms with Crippen molar-refractivity contribution in [1.29, 1.82) is 0 Å². The Morgan fingerprint density at radius 3 is 2.26 bits per heavy atom.